The summed E-state index contributed by atoms with van der Waals surface area (Å²) in [5.74, 6) is 0.552. The first kappa shape index (κ1) is 9.15. The van der Waals surface area contributed by atoms with Crippen LogP contribution < -0.4 is 0 Å². The van der Waals surface area contributed by atoms with Crippen molar-refractivity contribution in [2.45, 2.75) is 13.8 Å². The van der Waals surface area contributed by atoms with Crippen LogP contribution in [0.3, 0.4) is 0 Å². The van der Waals surface area contributed by atoms with Crippen molar-refractivity contribution in [3.8, 4) is 11.5 Å². The zero-order valence-corrected chi connectivity index (χ0v) is 8.81. The highest BCUT2D eigenvalue weighted by Crippen LogP contribution is 2.23. The van der Waals surface area contributed by atoms with Crippen LogP contribution in [-0.2, 0) is 0 Å². The molecule has 0 spiro atoms. The second kappa shape index (κ2) is 3.38. The molecule has 2 rings (SSSR count). The van der Waals surface area contributed by atoms with Crippen LogP contribution in [-0.4, -0.2) is 10.2 Å². The summed E-state index contributed by atoms with van der Waals surface area (Å²) in [4.78, 5) is 0.306. The van der Waals surface area contributed by atoms with Crippen molar-refractivity contribution >= 4 is 12.2 Å². The Kier molecular flexibility index (Phi) is 2.21. The lowest BCUT2D eigenvalue weighted by Crippen LogP contribution is -1.86. The van der Waals surface area contributed by atoms with E-state index in [1.807, 2.05) is 19.1 Å². The van der Waals surface area contributed by atoms with Gasteiger partial charge in [-0.2, -0.15) is 0 Å². The van der Waals surface area contributed by atoms with Crippen LogP contribution in [0.4, 0.5) is 0 Å². The number of H-pyrrole nitrogens is 1. The summed E-state index contributed by atoms with van der Waals surface area (Å²) in [6, 6.07) is 6.00. The molecular formula is C10H10N2OS. The van der Waals surface area contributed by atoms with Gasteiger partial charge in [-0.25, -0.2) is 5.10 Å². The van der Waals surface area contributed by atoms with Crippen LogP contribution in [0.25, 0.3) is 11.5 Å². The van der Waals surface area contributed by atoms with Gasteiger partial charge in [-0.05, 0) is 43.3 Å². The molecule has 1 aromatic carbocycles. The van der Waals surface area contributed by atoms with Crippen molar-refractivity contribution in [3.05, 3.63) is 34.2 Å². The summed E-state index contributed by atoms with van der Waals surface area (Å²) < 4.78 is 5.25. The fourth-order valence-electron chi connectivity index (χ4n) is 1.33. The normalized spacial score (nSPS) is 10.4. The molecule has 3 nitrogen and oxygen atoms in total. The molecule has 1 heterocycles. The van der Waals surface area contributed by atoms with E-state index < -0.39 is 0 Å². The van der Waals surface area contributed by atoms with Crippen molar-refractivity contribution in [2.24, 2.45) is 0 Å². The summed E-state index contributed by atoms with van der Waals surface area (Å²) in [6.45, 7) is 4.10. The molecule has 0 aliphatic rings. The van der Waals surface area contributed by atoms with E-state index in [0.717, 1.165) is 11.1 Å². The number of hydrogen-bond acceptors (Lipinski definition) is 3. The Labute approximate surface area is 86.8 Å². The van der Waals surface area contributed by atoms with E-state index in [4.69, 9.17) is 16.6 Å². The minimum Gasteiger partial charge on any atom is -0.409 e. The Balaban J connectivity index is 2.62. The second-order valence-electron chi connectivity index (χ2n) is 3.17. The SMILES string of the molecule is Cc1cccc(-c2n[nH]c(=S)o2)c1C. The fourth-order valence-corrected chi connectivity index (χ4v) is 1.45. The van der Waals surface area contributed by atoms with Gasteiger partial charge in [0.15, 0.2) is 0 Å². The fraction of sp³-hybridized carbons (Fsp3) is 0.200. The quantitative estimate of drug-likeness (QED) is 0.729. The number of hydrogen-bond donors (Lipinski definition) is 1. The third-order valence-electron chi connectivity index (χ3n) is 2.27. The third kappa shape index (κ3) is 1.48. The summed E-state index contributed by atoms with van der Waals surface area (Å²) >= 11 is 4.82. The van der Waals surface area contributed by atoms with Crippen molar-refractivity contribution in [3.63, 3.8) is 0 Å². The smallest absolute Gasteiger partial charge is 0.284 e. The molecule has 0 saturated heterocycles. The molecule has 1 aromatic heterocycles. The maximum atomic E-state index is 5.25. The molecule has 0 atom stereocenters. The molecule has 72 valence electrons. The Bertz CT molecular complexity index is 513. The number of aromatic amines is 1. The van der Waals surface area contributed by atoms with E-state index in [9.17, 15) is 0 Å². The van der Waals surface area contributed by atoms with E-state index in [-0.39, 0.29) is 0 Å². The zero-order valence-electron chi connectivity index (χ0n) is 8.00. The molecule has 1 N–H and O–H groups in total. The predicted octanol–water partition coefficient (Wildman–Crippen LogP) is 3.02. The zero-order chi connectivity index (χ0) is 10.1. The lowest BCUT2D eigenvalue weighted by molar-refractivity contribution is 0.551. The van der Waals surface area contributed by atoms with Gasteiger partial charge in [0.25, 0.3) is 4.84 Å². The maximum absolute atomic E-state index is 5.25. The minimum atomic E-state index is 0.306. The van der Waals surface area contributed by atoms with Gasteiger partial charge < -0.3 is 4.42 Å². The van der Waals surface area contributed by atoms with Crippen LogP contribution in [0, 0.1) is 18.7 Å². The van der Waals surface area contributed by atoms with E-state index in [2.05, 4.69) is 23.2 Å². The molecule has 0 bridgehead atoms. The summed E-state index contributed by atoms with van der Waals surface area (Å²) in [7, 11) is 0. The minimum absolute atomic E-state index is 0.306. The predicted molar refractivity (Wildman–Crippen MR) is 56.6 cm³/mol. The molecule has 0 fully saturated rings. The first-order valence-corrected chi connectivity index (χ1v) is 4.71. The summed E-state index contributed by atoms with van der Waals surface area (Å²) in [5, 5.41) is 6.60. The molecule has 4 heteroatoms. The lowest BCUT2D eigenvalue weighted by atomic mass is 10.0. The number of benzene rings is 1. The van der Waals surface area contributed by atoms with Gasteiger partial charge in [-0.15, -0.1) is 5.10 Å². The average Bonchev–Trinajstić information content (AvgIpc) is 2.57. The summed E-state index contributed by atoms with van der Waals surface area (Å²) in [5.41, 5.74) is 3.36. The van der Waals surface area contributed by atoms with Gasteiger partial charge in [0.2, 0.25) is 5.89 Å². The molecule has 0 aliphatic carbocycles. The van der Waals surface area contributed by atoms with Crippen LogP contribution in [0.1, 0.15) is 11.1 Å². The largest absolute Gasteiger partial charge is 0.409 e. The number of aryl methyl sites for hydroxylation is 1. The Hall–Kier alpha value is -1.42. The molecular weight excluding hydrogens is 196 g/mol. The van der Waals surface area contributed by atoms with E-state index in [1.54, 1.807) is 0 Å². The molecule has 0 unspecified atom stereocenters. The van der Waals surface area contributed by atoms with Gasteiger partial charge in [0, 0.05) is 5.56 Å². The first-order chi connectivity index (χ1) is 6.68. The Morgan fingerprint density at radius 2 is 2.14 bits per heavy atom. The maximum Gasteiger partial charge on any atom is 0.284 e. The molecule has 14 heavy (non-hydrogen) atoms. The number of nitrogens with zero attached hydrogens (tertiary/aromatic N) is 1. The highest BCUT2D eigenvalue weighted by Gasteiger charge is 2.07. The Morgan fingerprint density at radius 3 is 2.79 bits per heavy atom. The van der Waals surface area contributed by atoms with Crippen molar-refractivity contribution in [2.75, 3.05) is 0 Å². The van der Waals surface area contributed by atoms with Crippen molar-refractivity contribution in [1.82, 2.24) is 10.2 Å². The molecule has 2 aromatic rings. The number of aromatic nitrogens is 2. The van der Waals surface area contributed by atoms with Crippen LogP contribution in [0.2, 0.25) is 0 Å². The number of nitrogens with one attached hydrogen (secondary N) is 1. The van der Waals surface area contributed by atoms with Gasteiger partial charge in [0.1, 0.15) is 0 Å². The van der Waals surface area contributed by atoms with Crippen molar-refractivity contribution < 1.29 is 4.42 Å². The monoisotopic (exact) mass is 206 g/mol. The third-order valence-corrected chi connectivity index (χ3v) is 2.45. The van der Waals surface area contributed by atoms with Gasteiger partial charge >= 0.3 is 0 Å². The van der Waals surface area contributed by atoms with Crippen molar-refractivity contribution in [1.29, 1.82) is 0 Å². The Morgan fingerprint density at radius 1 is 1.36 bits per heavy atom. The molecule has 0 aliphatic heterocycles. The van der Waals surface area contributed by atoms with E-state index in [1.165, 1.54) is 5.56 Å². The highest BCUT2D eigenvalue weighted by molar-refractivity contribution is 7.71. The molecule has 0 amide bonds. The highest BCUT2D eigenvalue weighted by atomic mass is 32.1. The molecule has 0 radical (unpaired) electrons. The average molecular weight is 206 g/mol. The van der Waals surface area contributed by atoms with Gasteiger partial charge in [-0.3, -0.25) is 0 Å². The topological polar surface area (TPSA) is 41.8 Å². The van der Waals surface area contributed by atoms with Gasteiger partial charge in [0.05, 0.1) is 0 Å². The molecule has 0 saturated carbocycles. The first-order valence-electron chi connectivity index (χ1n) is 4.30. The van der Waals surface area contributed by atoms with Gasteiger partial charge in [-0.1, -0.05) is 12.1 Å². The summed E-state index contributed by atoms with van der Waals surface area (Å²) in [6.07, 6.45) is 0. The van der Waals surface area contributed by atoms with Crippen LogP contribution in [0.5, 0.6) is 0 Å². The standard InChI is InChI=1S/C10H10N2OS/c1-6-4-3-5-8(7(6)2)9-11-12-10(14)13-9/h3-5H,1-2H3,(H,12,14). The van der Waals surface area contributed by atoms with E-state index in [0.29, 0.717) is 10.7 Å². The van der Waals surface area contributed by atoms with Crippen LogP contribution in [0.15, 0.2) is 22.6 Å². The lowest BCUT2D eigenvalue weighted by Gasteiger charge is -2.03. The second-order valence-corrected chi connectivity index (χ2v) is 3.54. The van der Waals surface area contributed by atoms with Crippen LogP contribution >= 0.6 is 12.2 Å². The van der Waals surface area contributed by atoms with E-state index >= 15 is 0 Å². The number of rotatable bonds is 1.